The fourth-order valence-electron chi connectivity index (χ4n) is 2.21. The minimum absolute atomic E-state index is 0.318. The molecule has 0 aliphatic heterocycles. The normalized spacial score (nSPS) is 17.4. The number of esters is 1. The van der Waals surface area contributed by atoms with Gasteiger partial charge in [-0.1, -0.05) is 0 Å². The maximum atomic E-state index is 12.0. The van der Waals surface area contributed by atoms with Gasteiger partial charge in [-0.3, -0.25) is 5.04 Å². The van der Waals surface area contributed by atoms with Crippen molar-refractivity contribution >= 4 is 18.0 Å². The van der Waals surface area contributed by atoms with Crippen LogP contribution >= 0.6 is 12.0 Å². The topological polar surface area (TPSA) is 67.8 Å². The molecule has 0 unspecified atom stereocenters. The standard InChI is InChI=1S/C13H16O5S/c1-13(8-2-3-9-13)16-12(14)10-4-6-11(7-5-10)19-18-17-15/h4-7,15H,2-3,8-9H2,1H3/p-1. The molecule has 6 heteroatoms. The molecule has 0 aromatic heterocycles. The van der Waals surface area contributed by atoms with E-state index in [1.165, 1.54) is 0 Å². The zero-order valence-electron chi connectivity index (χ0n) is 10.6. The molecule has 0 amide bonds. The number of benzene rings is 1. The summed E-state index contributed by atoms with van der Waals surface area (Å²) < 4.78 is 9.74. The molecule has 5 nitrogen and oxygen atoms in total. The summed E-state index contributed by atoms with van der Waals surface area (Å²) >= 11 is 0.786. The van der Waals surface area contributed by atoms with Gasteiger partial charge in [0.25, 0.3) is 0 Å². The lowest BCUT2D eigenvalue weighted by Crippen LogP contribution is -2.28. The van der Waals surface area contributed by atoms with Crippen molar-refractivity contribution in [3.63, 3.8) is 0 Å². The van der Waals surface area contributed by atoms with E-state index in [-0.39, 0.29) is 11.6 Å². The van der Waals surface area contributed by atoms with E-state index in [0.29, 0.717) is 10.5 Å². The Bertz CT molecular complexity index is 425. The van der Waals surface area contributed by atoms with Gasteiger partial charge >= 0.3 is 5.97 Å². The van der Waals surface area contributed by atoms with Gasteiger partial charge in [0.1, 0.15) is 5.60 Å². The van der Waals surface area contributed by atoms with Crippen molar-refractivity contribution in [3.05, 3.63) is 29.8 Å². The van der Waals surface area contributed by atoms with E-state index < -0.39 is 0 Å². The molecule has 104 valence electrons. The molecular weight excluding hydrogens is 268 g/mol. The third kappa shape index (κ3) is 3.94. The number of carbonyl (C=O) groups is 1. The van der Waals surface area contributed by atoms with Crippen LogP contribution in [0.4, 0.5) is 0 Å². The average molecular weight is 283 g/mol. The molecular formula is C13H15O5S-. The van der Waals surface area contributed by atoms with Gasteiger partial charge < -0.3 is 9.99 Å². The summed E-state index contributed by atoms with van der Waals surface area (Å²) in [5.74, 6) is -0.318. The molecule has 0 saturated heterocycles. The van der Waals surface area contributed by atoms with Gasteiger partial charge in [0.05, 0.1) is 17.6 Å². The first-order chi connectivity index (χ1) is 9.13. The average Bonchev–Trinajstić information content (AvgIpc) is 2.83. The molecule has 0 bridgehead atoms. The molecule has 0 N–H and O–H groups in total. The van der Waals surface area contributed by atoms with Crippen molar-refractivity contribution in [2.45, 2.75) is 43.1 Å². The number of rotatable bonds is 5. The maximum Gasteiger partial charge on any atom is 0.338 e. The lowest BCUT2D eigenvalue weighted by Gasteiger charge is -2.24. The highest BCUT2D eigenvalue weighted by molar-refractivity contribution is 7.94. The van der Waals surface area contributed by atoms with Crippen molar-refractivity contribution in [2.75, 3.05) is 0 Å². The number of carbonyl (C=O) groups excluding carboxylic acids is 1. The van der Waals surface area contributed by atoms with E-state index in [9.17, 15) is 10.1 Å². The highest BCUT2D eigenvalue weighted by atomic mass is 32.2. The van der Waals surface area contributed by atoms with Gasteiger partial charge in [0.15, 0.2) is 0 Å². The monoisotopic (exact) mass is 283 g/mol. The van der Waals surface area contributed by atoms with Crippen LogP contribution in [0.1, 0.15) is 43.0 Å². The van der Waals surface area contributed by atoms with Crippen LogP contribution in [0.5, 0.6) is 0 Å². The summed E-state index contributed by atoms with van der Waals surface area (Å²) in [6, 6.07) is 6.60. The Labute approximate surface area is 115 Å². The van der Waals surface area contributed by atoms with Gasteiger partial charge in [-0.15, -0.1) is 0 Å². The van der Waals surface area contributed by atoms with Crippen molar-refractivity contribution in [1.29, 1.82) is 0 Å². The van der Waals surface area contributed by atoms with Crippen molar-refractivity contribution < 1.29 is 24.2 Å². The molecule has 1 aliphatic carbocycles. The molecule has 1 saturated carbocycles. The Morgan fingerprint density at radius 1 is 1.26 bits per heavy atom. The second-order valence-electron chi connectivity index (χ2n) is 4.79. The van der Waals surface area contributed by atoms with Crippen LogP contribution in [0.25, 0.3) is 0 Å². The Hall–Kier alpha value is -1.08. The van der Waals surface area contributed by atoms with Gasteiger partial charge in [0.2, 0.25) is 0 Å². The zero-order valence-corrected chi connectivity index (χ0v) is 11.4. The summed E-state index contributed by atoms with van der Waals surface area (Å²) in [5, 5.41) is 12.9. The van der Waals surface area contributed by atoms with Gasteiger partial charge in [0, 0.05) is 4.90 Å². The Morgan fingerprint density at radius 3 is 2.47 bits per heavy atom. The van der Waals surface area contributed by atoms with Crippen LogP contribution < -0.4 is 5.26 Å². The fourth-order valence-corrected chi connectivity index (χ4v) is 2.56. The number of hydrogen-bond acceptors (Lipinski definition) is 6. The summed E-state index contributed by atoms with van der Waals surface area (Å²) in [6.45, 7) is 1.97. The predicted octanol–water partition coefficient (Wildman–Crippen LogP) is 2.41. The Balaban J connectivity index is 1.95. The van der Waals surface area contributed by atoms with Crippen LogP contribution in [-0.4, -0.2) is 11.6 Å². The van der Waals surface area contributed by atoms with Gasteiger partial charge in [-0.2, -0.15) is 4.33 Å². The lowest BCUT2D eigenvalue weighted by molar-refractivity contribution is -0.777. The highest BCUT2D eigenvalue weighted by Gasteiger charge is 2.32. The number of hydrogen-bond donors (Lipinski definition) is 0. The second-order valence-corrected chi connectivity index (χ2v) is 5.56. The van der Waals surface area contributed by atoms with Crippen LogP contribution in [-0.2, 0) is 14.1 Å². The van der Waals surface area contributed by atoms with Gasteiger partial charge in [-0.25, -0.2) is 4.79 Å². The van der Waals surface area contributed by atoms with E-state index in [4.69, 9.17) is 4.74 Å². The summed E-state index contributed by atoms with van der Waals surface area (Å²) in [4.78, 5) is 12.7. The first kappa shape index (κ1) is 14.3. The van der Waals surface area contributed by atoms with E-state index in [2.05, 4.69) is 9.37 Å². The number of ether oxygens (including phenoxy) is 1. The van der Waals surface area contributed by atoms with E-state index in [1.807, 2.05) is 6.92 Å². The molecule has 0 atom stereocenters. The first-order valence-electron chi connectivity index (χ1n) is 6.09. The minimum atomic E-state index is -0.329. The molecule has 19 heavy (non-hydrogen) atoms. The third-order valence-electron chi connectivity index (χ3n) is 3.25. The van der Waals surface area contributed by atoms with E-state index in [1.54, 1.807) is 24.3 Å². The SMILES string of the molecule is CC1(OC(=O)c2ccc(SOO[O-])cc2)CCCC1. The molecule has 1 fully saturated rings. The predicted molar refractivity (Wildman–Crippen MR) is 66.8 cm³/mol. The third-order valence-corrected chi connectivity index (χ3v) is 3.84. The largest absolute Gasteiger partial charge is 0.691 e. The minimum Gasteiger partial charge on any atom is -0.691 e. The Morgan fingerprint density at radius 2 is 1.89 bits per heavy atom. The molecule has 0 heterocycles. The molecule has 2 rings (SSSR count). The first-order valence-corrected chi connectivity index (χ1v) is 6.84. The zero-order chi connectivity index (χ0) is 13.7. The quantitative estimate of drug-likeness (QED) is 0.358. The highest BCUT2D eigenvalue weighted by Crippen LogP contribution is 2.33. The van der Waals surface area contributed by atoms with Gasteiger partial charge in [-0.05, 0) is 56.9 Å². The summed E-state index contributed by atoms with van der Waals surface area (Å²) in [5.41, 5.74) is 0.157. The summed E-state index contributed by atoms with van der Waals surface area (Å²) in [6.07, 6.45) is 4.04. The van der Waals surface area contributed by atoms with E-state index in [0.717, 1.165) is 37.7 Å². The molecule has 1 aliphatic rings. The fraction of sp³-hybridized carbons (Fsp3) is 0.462. The maximum absolute atomic E-state index is 12.0. The molecule has 1 aromatic rings. The van der Waals surface area contributed by atoms with Crippen LogP contribution in [0.3, 0.4) is 0 Å². The second kappa shape index (κ2) is 6.38. The smallest absolute Gasteiger partial charge is 0.338 e. The van der Waals surface area contributed by atoms with Crippen molar-refractivity contribution in [2.24, 2.45) is 0 Å². The Kier molecular flexibility index (Phi) is 4.81. The van der Waals surface area contributed by atoms with Crippen molar-refractivity contribution in [3.8, 4) is 0 Å². The van der Waals surface area contributed by atoms with Crippen LogP contribution in [0.2, 0.25) is 0 Å². The van der Waals surface area contributed by atoms with Crippen molar-refractivity contribution in [1.82, 2.24) is 0 Å². The molecule has 1 aromatic carbocycles. The van der Waals surface area contributed by atoms with Crippen LogP contribution in [0, 0.1) is 0 Å². The molecule has 0 radical (unpaired) electrons. The lowest BCUT2D eigenvalue weighted by atomic mass is 10.1. The molecule has 0 spiro atoms. The van der Waals surface area contributed by atoms with E-state index >= 15 is 0 Å². The summed E-state index contributed by atoms with van der Waals surface area (Å²) in [7, 11) is 0. The van der Waals surface area contributed by atoms with Crippen LogP contribution in [0.15, 0.2) is 29.2 Å².